The van der Waals surface area contributed by atoms with E-state index in [2.05, 4.69) is 21.1 Å². The second-order valence-electron chi connectivity index (χ2n) is 9.45. The number of aryl methyl sites for hydroxylation is 2. The van der Waals surface area contributed by atoms with Crippen LogP contribution in [0.25, 0.3) is 17.2 Å². The van der Waals surface area contributed by atoms with E-state index < -0.39 is 23.0 Å². The molecule has 0 bridgehead atoms. The van der Waals surface area contributed by atoms with Gasteiger partial charge in [-0.25, -0.2) is 28.4 Å². The number of aromatic nitrogens is 6. The van der Waals surface area contributed by atoms with Gasteiger partial charge in [0.15, 0.2) is 5.82 Å². The Bertz CT molecular complexity index is 1500. The second kappa shape index (κ2) is 8.82. The average molecular weight is 490 g/mol. The number of hydrogen-bond donors (Lipinski definition) is 0. The normalized spacial score (nSPS) is 15.4. The molecule has 0 saturated carbocycles. The quantitative estimate of drug-likeness (QED) is 0.398. The van der Waals surface area contributed by atoms with Crippen molar-refractivity contribution in [3.05, 3.63) is 71.1 Å². The van der Waals surface area contributed by atoms with E-state index in [1.54, 1.807) is 38.0 Å². The number of nitrogens with zero attached hydrogens (tertiary/aromatic N) is 7. The van der Waals surface area contributed by atoms with Crippen molar-refractivity contribution in [1.82, 2.24) is 29.3 Å². The summed E-state index contributed by atoms with van der Waals surface area (Å²) in [6, 6.07) is 8.09. The van der Waals surface area contributed by atoms with Crippen LogP contribution in [0.4, 0.5) is 8.78 Å². The zero-order valence-electron chi connectivity index (χ0n) is 20.5. The summed E-state index contributed by atoms with van der Waals surface area (Å²) in [6.45, 7) is 5.75. The summed E-state index contributed by atoms with van der Waals surface area (Å²) in [5, 5.41) is 14.1. The Morgan fingerprint density at radius 2 is 1.97 bits per heavy atom. The van der Waals surface area contributed by atoms with Gasteiger partial charge in [0.05, 0.1) is 30.6 Å². The third-order valence-electron chi connectivity index (χ3n) is 6.54. The predicted molar refractivity (Wildman–Crippen MR) is 128 cm³/mol. The Morgan fingerprint density at radius 3 is 2.67 bits per heavy atom. The summed E-state index contributed by atoms with van der Waals surface area (Å²) in [5.74, 6) is -0.453. The van der Waals surface area contributed by atoms with Crippen LogP contribution in [0.2, 0.25) is 0 Å². The van der Waals surface area contributed by atoms with Crippen molar-refractivity contribution in [2.45, 2.75) is 51.5 Å². The molecule has 1 aliphatic rings. The van der Waals surface area contributed by atoms with Crippen LogP contribution in [0.15, 0.2) is 36.8 Å². The Morgan fingerprint density at radius 1 is 1.17 bits per heavy atom. The van der Waals surface area contributed by atoms with E-state index in [0.717, 1.165) is 23.9 Å². The van der Waals surface area contributed by atoms with Gasteiger partial charge >= 0.3 is 0 Å². The zero-order valence-corrected chi connectivity index (χ0v) is 20.5. The van der Waals surface area contributed by atoms with Gasteiger partial charge < -0.3 is 9.30 Å². The molecular weight excluding hydrogens is 464 g/mol. The predicted octanol–water partition coefficient (Wildman–Crippen LogP) is 4.85. The van der Waals surface area contributed by atoms with Gasteiger partial charge in [-0.05, 0) is 57.4 Å². The molecule has 0 unspecified atom stereocenters. The highest BCUT2D eigenvalue weighted by Crippen LogP contribution is 2.38. The van der Waals surface area contributed by atoms with E-state index in [9.17, 15) is 9.65 Å². The number of halogens is 2. The first-order valence-corrected chi connectivity index (χ1v) is 11.6. The average Bonchev–Trinajstić information content (AvgIpc) is 3.50. The van der Waals surface area contributed by atoms with Gasteiger partial charge in [-0.2, -0.15) is 5.26 Å². The first-order chi connectivity index (χ1) is 17.2. The van der Waals surface area contributed by atoms with Crippen LogP contribution in [-0.4, -0.2) is 36.4 Å². The topological polar surface area (TPSA) is 94.4 Å². The third-order valence-corrected chi connectivity index (χ3v) is 6.54. The zero-order chi connectivity index (χ0) is 25.6. The fourth-order valence-corrected chi connectivity index (χ4v) is 4.58. The molecule has 5 rings (SSSR count). The molecule has 1 aliphatic heterocycles. The molecule has 1 aromatic carbocycles. The molecule has 184 valence electrons. The van der Waals surface area contributed by atoms with Crippen LogP contribution in [0, 0.1) is 29.9 Å². The number of imidazole rings is 1. The molecule has 3 aromatic heterocycles. The van der Waals surface area contributed by atoms with Crippen molar-refractivity contribution in [1.29, 1.82) is 5.26 Å². The Balaban J connectivity index is 1.55. The summed E-state index contributed by atoms with van der Waals surface area (Å²) >= 11 is 0. The van der Waals surface area contributed by atoms with Gasteiger partial charge in [0.25, 0.3) is 0 Å². The number of fused-ring (bicyclic) bond motifs is 1. The number of nitriles is 1. The molecule has 0 radical (unpaired) electrons. The van der Waals surface area contributed by atoms with Crippen molar-refractivity contribution in [3.8, 4) is 29.2 Å². The van der Waals surface area contributed by atoms with Crippen molar-refractivity contribution in [3.63, 3.8) is 0 Å². The van der Waals surface area contributed by atoms with E-state index >= 15 is 4.39 Å². The lowest BCUT2D eigenvalue weighted by Gasteiger charge is -2.25. The number of benzene rings is 1. The molecule has 4 heterocycles. The van der Waals surface area contributed by atoms with Crippen molar-refractivity contribution >= 4 is 0 Å². The monoisotopic (exact) mass is 489 g/mol. The lowest BCUT2D eigenvalue weighted by molar-refractivity contribution is 0.396. The van der Waals surface area contributed by atoms with E-state index in [-0.39, 0.29) is 5.56 Å². The molecule has 0 amide bonds. The molecule has 0 saturated heterocycles. The molecule has 36 heavy (non-hydrogen) atoms. The van der Waals surface area contributed by atoms with Gasteiger partial charge in [0.2, 0.25) is 5.88 Å². The molecule has 1 atom stereocenters. The minimum absolute atomic E-state index is 0.162. The van der Waals surface area contributed by atoms with Crippen molar-refractivity contribution in [2.75, 3.05) is 7.11 Å². The second-order valence-corrected chi connectivity index (χ2v) is 9.45. The standard InChI is InChI=1S/C26H25F2N7O/c1-15-12-34(14-30-15)22-8-7-21(31-25(22)36-4)23-32-24-16(6-5-9-35(24)33-23)17-10-18(26(2,3)13-29)20(28)11-19(17)27/h7-8,10-12,14,16H,5-6,9H2,1-4H3/t16-/m0/s1. The third kappa shape index (κ3) is 4.00. The smallest absolute Gasteiger partial charge is 0.238 e. The maximum absolute atomic E-state index is 15.0. The number of pyridine rings is 1. The number of methoxy groups -OCH3 is 1. The van der Waals surface area contributed by atoms with Gasteiger partial charge in [-0.3, -0.25) is 0 Å². The van der Waals surface area contributed by atoms with E-state index in [0.29, 0.717) is 41.8 Å². The number of hydrogen-bond acceptors (Lipinski definition) is 6. The summed E-state index contributed by atoms with van der Waals surface area (Å²) in [4.78, 5) is 13.6. The van der Waals surface area contributed by atoms with Crippen molar-refractivity contribution < 1.29 is 13.5 Å². The summed E-state index contributed by atoms with van der Waals surface area (Å²) in [5.41, 5.74) is 1.48. The molecule has 4 aromatic rings. The highest BCUT2D eigenvalue weighted by atomic mass is 19.1. The van der Waals surface area contributed by atoms with Gasteiger partial charge in [-0.15, -0.1) is 5.10 Å². The Hall–Kier alpha value is -4.13. The lowest BCUT2D eigenvalue weighted by Crippen LogP contribution is -2.21. The molecule has 0 N–H and O–H groups in total. The Labute approximate surface area is 207 Å². The molecular formula is C26H25F2N7O. The largest absolute Gasteiger partial charge is 0.479 e. The van der Waals surface area contributed by atoms with Crippen molar-refractivity contribution in [2.24, 2.45) is 0 Å². The van der Waals surface area contributed by atoms with Crippen LogP contribution < -0.4 is 4.74 Å². The minimum atomic E-state index is -1.10. The lowest BCUT2D eigenvalue weighted by atomic mass is 9.82. The van der Waals surface area contributed by atoms with Crippen LogP contribution in [0.3, 0.4) is 0 Å². The van der Waals surface area contributed by atoms with E-state index in [1.807, 2.05) is 23.8 Å². The molecule has 0 aliphatic carbocycles. The molecule has 0 spiro atoms. The summed E-state index contributed by atoms with van der Waals surface area (Å²) < 4.78 is 38.7. The van der Waals surface area contributed by atoms with Gasteiger partial charge in [0.1, 0.15) is 28.8 Å². The fraction of sp³-hybridized carbons (Fsp3) is 0.346. The molecule has 8 nitrogen and oxygen atoms in total. The van der Waals surface area contributed by atoms with Crippen LogP contribution in [-0.2, 0) is 12.0 Å². The number of ether oxygens (including phenoxy) is 1. The summed E-state index contributed by atoms with van der Waals surface area (Å²) in [7, 11) is 1.54. The SMILES string of the molecule is COc1nc(-c2nc3n(n2)CCC[C@H]3c2cc(C(C)(C)C#N)c(F)cc2F)ccc1-n1cnc(C)c1. The number of rotatable bonds is 5. The van der Waals surface area contributed by atoms with E-state index in [1.165, 1.54) is 6.07 Å². The van der Waals surface area contributed by atoms with Gasteiger partial charge in [0, 0.05) is 30.3 Å². The molecule has 10 heteroatoms. The fourth-order valence-electron chi connectivity index (χ4n) is 4.58. The first kappa shape index (κ1) is 23.6. The first-order valence-electron chi connectivity index (χ1n) is 11.6. The van der Waals surface area contributed by atoms with Gasteiger partial charge in [-0.1, -0.05) is 0 Å². The van der Waals surface area contributed by atoms with Crippen LogP contribution in [0.1, 0.15) is 55.3 Å². The maximum Gasteiger partial charge on any atom is 0.238 e. The highest BCUT2D eigenvalue weighted by Gasteiger charge is 2.32. The Kier molecular flexibility index (Phi) is 5.79. The summed E-state index contributed by atoms with van der Waals surface area (Å²) in [6.07, 6.45) is 4.94. The minimum Gasteiger partial charge on any atom is -0.479 e. The van der Waals surface area contributed by atoms with Crippen LogP contribution in [0.5, 0.6) is 5.88 Å². The maximum atomic E-state index is 15.0. The van der Waals surface area contributed by atoms with E-state index in [4.69, 9.17) is 9.72 Å². The van der Waals surface area contributed by atoms with Crippen LogP contribution >= 0.6 is 0 Å². The highest BCUT2D eigenvalue weighted by molar-refractivity contribution is 5.55. The molecule has 0 fully saturated rings.